The zero-order valence-corrected chi connectivity index (χ0v) is 21.8. The van der Waals surface area contributed by atoms with E-state index in [4.69, 9.17) is 4.74 Å². The maximum Gasteiger partial charge on any atom is 0.295 e. The highest BCUT2D eigenvalue weighted by Gasteiger charge is 2.46. The molecule has 3 rings (SSSR count). The Labute approximate surface area is 209 Å². The molecule has 1 aliphatic rings. The maximum absolute atomic E-state index is 13.3. The van der Waals surface area contributed by atoms with Crippen LogP contribution in [0.4, 0.5) is 0 Å². The van der Waals surface area contributed by atoms with Crippen LogP contribution < -0.4 is 4.74 Å². The maximum atomic E-state index is 13.3. The number of rotatable bonds is 9. The van der Waals surface area contributed by atoms with E-state index in [1.54, 1.807) is 29.2 Å². The Bertz CT molecular complexity index is 1080. The summed E-state index contributed by atoms with van der Waals surface area (Å²) in [7, 11) is 0. The molecule has 0 bridgehead atoms. The number of hydrogen-bond donors (Lipinski definition) is 1. The molecule has 188 valence electrons. The first-order chi connectivity index (χ1) is 16.6. The van der Waals surface area contributed by atoms with Crippen LogP contribution in [0.2, 0.25) is 0 Å². The molecule has 6 nitrogen and oxygen atoms in total. The Morgan fingerprint density at radius 1 is 1.03 bits per heavy atom. The highest BCUT2D eigenvalue weighted by Crippen LogP contribution is 2.40. The quantitative estimate of drug-likeness (QED) is 0.307. The molecule has 0 aliphatic carbocycles. The van der Waals surface area contributed by atoms with Crippen molar-refractivity contribution in [1.29, 1.82) is 0 Å². The number of benzene rings is 2. The summed E-state index contributed by atoms with van der Waals surface area (Å²) in [5.74, 6) is -0.822. The number of carbonyl (C=O) groups is 2. The lowest BCUT2D eigenvalue weighted by Crippen LogP contribution is -2.38. The summed E-state index contributed by atoms with van der Waals surface area (Å²) in [6.07, 6.45) is 0. The average Bonchev–Trinajstić information content (AvgIpc) is 3.09. The molecule has 6 heteroatoms. The van der Waals surface area contributed by atoms with Crippen LogP contribution in [0.3, 0.4) is 0 Å². The number of hydrogen-bond acceptors (Lipinski definition) is 5. The summed E-state index contributed by atoms with van der Waals surface area (Å²) in [6, 6.07) is 14.3. The van der Waals surface area contributed by atoms with Crippen LogP contribution in [0.1, 0.15) is 64.3 Å². The van der Waals surface area contributed by atoms with Crippen LogP contribution in [-0.2, 0) is 15.0 Å². The summed E-state index contributed by atoms with van der Waals surface area (Å²) in [4.78, 5) is 30.3. The van der Waals surface area contributed by atoms with E-state index in [1.165, 1.54) is 0 Å². The van der Waals surface area contributed by atoms with E-state index in [-0.39, 0.29) is 16.7 Å². The molecule has 1 unspecified atom stereocenters. The second-order valence-corrected chi connectivity index (χ2v) is 9.85. The van der Waals surface area contributed by atoms with Crippen molar-refractivity contribution in [2.75, 3.05) is 32.8 Å². The molecule has 1 N–H and O–H groups in total. The summed E-state index contributed by atoms with van der Waals surface area (Å²) in [5.41, 5.74) is 2.51. The number of aliphatic hydroxyl groups excluding tert-OH is 1. The van der Waals surface area contributed by atoms with E-state index < -0.39 is 17.7 Å². The van der Waals surface area contributed by atoms with Crippen molar-refractivity contribution in [3.05, 3.63) is 70.8 Å². The molecule has 0 aromatic heterocycles. The summed E-state index contributed by atoms with van der Waals surface area (Å²) in [6.45, 7) is 15.7. The Hall–Kier alpha value is -3.12. The molecule has 0 spiro atoms. The standard InChI is InChI=1S/C29H38N2O4/c1-7-30(8-2)17-18-31-25(20-13-15-22(16-14-20)29(4,5)6)24(27(33)28(31)34)26(32)21-11-10-12-23(19-21)35-9-3/h10-16,19,25,32H,7-9,17-18H2,1-6H3. The van der Waals surface area contributed by atoms with Crippen molar-refractivity contribution in [2.45, 2.75) is 53.0 Å². The molecular weight excluding hydrogens is 440 g/mol. The van der Waals surface area contributed by atoms with Gasteiger partial charge in [-0.3, -0.25) is 9.59 Å². The van der Waals surface area contributed by atoms with Gasteiger partial charge in [0.1, 0.15) is 11.5 Å². The van der Waals surface area contributed by atoms with Crippen molar-refractivity contribution in [3.63, 3.8) is 0 Å². The average molecular weight is 479 g/mol. The molecule has 1 amide bonds. The van der Waals surface area contributed by atoms with Crippen LogP contribution in [0.25, 0.3) is 5.76 Å². The second-order valence-electron chi connectivity index (χ2n) is 9.85. The van der Waals surface area contributed by atoms with E-state index in [2.05, 4.69) is 39.5 Å². The number of Topliss-reactive ketones (excluding diaryl/α,β-unsaturated/α-hetero) is 1. The fourth-order valence-corrected chi connectivity index (χ4v) is 4.47. The number of carbonyl (C=O) groups excluding carboxylic acids is 2. The predicted molar refractivity (Wildman–Crippen MR) is 140 cm³/mol. The van der Waals surface area contributed by atoms with E-state index in [0.29, 0.717) is 31.0 Å². The number of likely N-dealkylation sites (tertiary alicyclic amines) is 1. The van der Waals surface area contributed by atoms with Gasteiger partial charge in [-0.05, 0) is 48.7 Å². The van der Waals surface area contributed by atoms with Crippen molar-refractivity contribution in [3.8, 4) is 5.75 Å². The van der Waals surface area contributed by atoms with Crippen molar-refractivity contribution >= 4 is 17.4 Å². The molecule has 1 atom stereocenters. The largest absolute Gasteiger partial charge is 0.507 e. The number of aliphatic hydroxyl groups is 1. The molecule has 1 saturated heterocycles. The molecule has 1 aliphatic heterocycles. The zero-order valence-electron chi connectivity index (χ0n) is 21.8. The third kappa shape index (κ3) is 5.76. The van der Waals surface area contributed by atoms with Crippen LogP contribution in [-0.4, -0.2) is 59.4 Å². The Kier molecular flexibility index (Phi) is 8.39. The number of nitrogens with zero attached hydrogens (tertiary/aromatic N) is 2. The molecule has 1 heterocycles. The van der Waals surface area contributed by atoms with Gasteiger partial charge in [0, 0.05) is 18.7 Å². The molecule has 0 radical (unpaired) electrons. The monoisotopic (exact) mass is 478 g/mol. The van der Waals surface area contributed by atoms with Gasteiger partial charge in [0.2, 0.25) is 0 Å². The van der Waals surface area contributed by atoms with Crippen molar-refractivity contribution < 1.29 is 19.4 Å². The smallest absolute Gasteiger partial charge is 0.295 e. The van der Waals surface area contributed by atoms with Crippen LogP contribution in [0.5, 0.6) is 5.75 Å². The SMILES string of the molecule is CCOc1cccc(C(O)=C2C(=O)C(=O)N(CCN(CC)CC)C2c2ccc(C(C)(C)C)cc2)c1. The normalized spacial score (nSPS) is 17.9. The van der Waals surface area contributed by atoms with Gasteiger partial charge in [0.25, 0.3) is 11.7 Å². The molecule has 35 heavy (non-hydrogen) atoms. The number of likely N-dealkylation sites (N-methyl/N-ethyl adjacent to an activating group) is 1. The van der Waals surface area contributed by atoms with Crippen LogP contribution in [0, 0.1) is 0 Å². The van der Waals surface area contributed by atoms with Gasteiger partial charge in [-0.15, -0.1) is 0 Å². The predicted octanol–water partition coefficient (Wildman–Crippen LogP) is 5.15. The molecule has 1 fully saturated rings. The first-order valence-corrected chi connectivity index (χ1v) is 12.5. The minimum Gasteiger partial charge on any atom is -0.507 e. The highest BCUT2D eigenvalue weighted by molar-refractivity contribution is 6.46. The molecular formula is C29H38N2O4. The van der Waals surface area contributed by atoms with Gasteiger partial charge in [-0.25, -0.2) is 0 Å². The van der Waals surface area contributed by atoms with Gasteiger partial charge >= 0.3 is 0 Å². The lowest BCUT2D eigenvalue weighted by molar-refractivity contribution is -0.140. The number of amides is 1. The Balaban J connectivity index is 2.11. The summed E-state index contributed by atoms with van der Waals surface area (Å²) in [5, 5.41) is 11.3. The van der Waals surface area contributed by atoms with Crippen LogP contribution >= 0.6 is 0 Å². The summed E-state index contributed by atoms with van der Waals surface area (Å²) >= 11 is 0. The van der Waals surface area contributed by atoms with Gasteiger partial charge in [-0.2, -0.15) is 0 Å². The minimum absolute atomic E-state index is 0.0250. The second kappa shape index (κ2) is 11.1. The number of ether oxygens (including phenoxy) is 1. The lowest BCUT2D eigenvalue weighted by Gasteiger charge is -2.28. The molecule has 0 saturated carbocycles. The highest BCUT2D eigenvalue weighted by atomic mass is 16.5. The Morgan fingerprint density at radius 3 is 2.26 bits per heavy atom. The first-order valence-electron chi connectivity index (χ1n) is 12.5. The molecule has 2 aromatic carbocycles. The van der Waals surface area contributed by atoms with Crippen molar-refractivity contribution in [2.24, 2.45) is 0 Å². The fraction of sp³-hybridized carbons (Fsp3) is 0.448. The van der Waals surface area contributed by atoms with E-state index in [1.807, 2.05) is 31.2 Å². The van der Waals surface area contributed by atoms with E-state index in [9.17, 15) is 14.7 Å². The minimum atomic E-state index is -0.659. The Morgan fingerprint density at radius 2 is 1.69 bits per heavy atom. The van der Waals surface area contributed by atoms with Gasteiger partial charge in [0.15, 0.2) is 0 Å². The van der Waals surface area contributed by atoms with Gasteiger partial charge in [-0.1, -0.05) is 71.0 Å². The lowest BCUT2D eigenvalue weighted by atomic mass is 9.85. The fourth-order valence-electron chi connectivity index (χ4n) is 4.47. The zero-order chi connectivity index (χ0) is 25.8. The van der Waals surface area contributed by atoms with Crippen molar-refractivity contribution in [1.82, 2.24) is 9.80 Å². The number of ketones is 1. The summed E-state index contributed by atoms with van der Waals surface area (Å²) < 4.78 is 5.57. The van der Waals surface area contributed by atoms with E-state index in [0.717, 1.165) is 24.2 Å². The third-order valence-corrected chi connectivity index (χ3v) is 6.60. The van der Waals surface area contributed by atoms with Crippen LogP contribution in [0.15, 0.2) is 54.1 Å². The van der Waals surface area contributed by atoms with E-state index >= 15 is 0 Å². The molecule has 2 aromatic rings. The third-order valence-electron chi connectivity index (χ3n) is 6.60. The topological polar surface area (TPSA) is 70.1 Å². The van der Waals surface area contributed by atoms with Gasteiger partial charge in [0.05, 0.1) is 18.2 Å². The first kappa shape index (κ1) is 26.5. The van der Waals surface area contributed by atoms with Gasteiger partial charge < -0.3 is 19.6 Å².